The molecule has 0 bridgehead atoms. The van der Waals surface area contributed by atoms with Gasteiger partial charge in [-0.15, -0.1) is 0 Å². The first-order chi connectivity index (χ1) is 35.2. The highest BCUT2D eigenvalue weighted by Gasteiger charge is 2.31. The Hall–Kier alpha value is -3.88. The fourth-order valence-corrected chi connectivity index (χ4v) is 8.38. The minimum Gasteiger partial charge on any atom is -0.394 e. The first-order valence-electron chi connectivity index (χ1n) is 26.1. The van der Waals surface area contributed by atoms with E-state index in [4.69, 9.17) is 43.8 Å². The first kappa shape index (κ1) is 67.1. The lowest BCUT2D eigenvalue weighted by atomic mass is 9.87. The summed E-state index contributed by atoms with van der Waals surface area (Å²) in [6.45, 7) is 2.77. The van der Waals surface area contributed by atoms with Crippen molar-refractivity contribution in [1.29, 1.82) is 0 Å². The molecule has 1 fully saturated rings. The highest BCUT2D eigenvalue weighted by atomic mass is 31.2. The van der Waals surface area contributed by atoms with Crippen molar-refractivity contribution in [3.8, 4) is 0 Å². The van der Waals surface area contributed by atoms with E-state index in [1.807, 2.05) is 0 Å². The van der Waals surface area contributed by atoms with Crippen molar-refractivity contribution in [3.63, 3.8) is 0 Å². The zero-order valence-corrected chi connectivity index (χ0v) is 43.8. The van der Waals surface area contributed by atoms with Crippen molar-refractivity contribution in [2.75, 3.05) is 118 Å². The second kappa shape index (κ2) is 44.4. The Morgan fingerprint density at radius 1 is 0.466 bits per heavy atom. The van der Waals surface area contributed by atoms with Gasteiger partial charge in [-0.05, 0) is 83.5 Å². The number of hydrogen-bond acceptors (Lipinski definition) is 16. The van der Waals surface area contributed by atoms with Crippen molar-refractivity contribution >= 4 is 49.2 Å². The third kappa shape index (κ3) is 39.2. The summed E-state index contributed by atoms with van der Waals surface area (Å²) in [5, 5.41) is 46.3. The van der Waals surface area contributed by atoms with Crippen LogP contribution in [-0.4, -0.2) is 202 Å². The lowest BCUT2D eigenvalue weighted by Crippen LogP contribution is -2.53. The number of carbonyl (C=O) groups excluding carboxylic acids is 7. The van der Waals surface area contributed by atoms with Crippen LogP contribution in [0.1, 0.15) is 122 Å². The van der Waals surface area contributed by atoms with Crippen LogP contribution in [0.4, 0.5) is 0 Å². The number of hydrogen-bond donors (Lipinski definition) is 12. The van der Waals surface area contributed by atoms with Crippen LogP contribution in [-0.2, 0) is 56.9 Å². The van der Waals surface area contributed by atoms with Crippen molar-refractivity contribution in [2.24, 2.45) is 5.92 Å². The maximum atomic E-state index is 14.0. The normalized spacial score (nSPS) is 15.0. The molecule has 0 aliphatic heterocycles. The molecular weight excluding hydrogens is 980 g/mol. The Labute approximate surface area is 430 Å². The van der Waals surface area contributed by atoms with Gasteiger partial charge in [0, 0.05) is 71.0 Å². The summed E-state index contributed by atoms with van der Waals surface area (Å²) in [5.74, 6) is -2.13. The van der Waals surface area contributed by atoms with E-state index in [0.717, 1.165) is 0 Å². The SMILES string of the molecule is O=C(CCCCCNC(=O)CN(CC(=O)NCCCCCC(=O)NCCOCCO)C(CCCCNC(=O)C1CCC(OP(=O)(O)O)CC1)C(=O)NCCCCCC(=O)NCCOCCO)NCCOCCO. The highest BCUT2D eigenvalue weighted by molar-refractivity contribution is 7.46. The lowest BCUT2D eigenvalue weighted by molar-refractivity contribution is -0.132. The van der Waals surface area contributed by atoms with Crippen LogP contribution < -0.4 is 37.2 Å². The number of ether oxygens (including phenoxy) is 3. The standard InChI is InChI=1S/C47H89N8O17P/c56-27-33-69-30-24-50-41(59)13-4-1-8-20-48-44(62)36-55(37-45(63)49-21-9-2-5-14-42(60)51-25-31-70-34-28-57)40(47(65)54-22-10-3-6-15-43(61)52-26-32-71-35-29-58)12-7-11-23-53-46(64)38-16-18-39(19-17-38)72-73(66,67)68/h38-40,56-58H,1-37H2,(H,48,62)(H,49,63)(H,50,59)(H,51,60)(H,52,61)(H,53,64)(H,54,65)(H2,66,67,68). The van der Waals surface area contributed by atoms with Crippen molar-refractivity contribution in [3.05, 3.63) is 0 Å². The monoisotopic (exact) mass is 1070 g/mol. The van der Waals surface area contributed by atoms with Crippen LogP contribution in [0.3, 0.4) is 0 Å². The molecule has 0 saturated heterocycles. The molecule has 7 amide bonds. The largest absolute Gasteiger partial charge is 0.469 e. The maximum absolute atomic E-state index is 14.0. The minimum absolute atomic E-state index is 0.0965. The fourth-order valence-electron chi connectivity index (χ4n) is 7.78. The summed E-state index contributed by atoms with van der Waals surface area (Å²) in [7, 11) is -4.63. The van der Waals surface area contributed by atoms with Gasteiger partial charge in [0.2, 0.25) is 41.4 Å². The molecule has 1 aliphatic rings. The summed E-state index contributed by atoms with van der Waals surface area (Å²) < 4.78 is 31.5. The second-order valence-corrected chi connectivity index (χ2v) is 18.9. The number of aliphatic hydroxyl groups is 3. The Balaban J connectivity index is 2.95. The second-order valence-electron chi connectivity index (χ2n) is 17.8. The fraction of sp³-hybridized carbons (Fsp3) is 0.851. The van der Waals surface area contributed by atoms with Crippen LogP contribution in [0.2, 0.25) is 0 Å². The van der Waals surface area contributed by atoms with Gasteiger partial charge in [-0.3, -0.25) is 43.0 Å². The van der Waals surface area contributed by atoms with Crippen molar-refractivity contribution < 1.29 is 82.0 Å². The summed E-state index contributed by atoms with van der Waals surface area (Å²) in [6.07, 6.45) is 8.33. The predicted molar refractivity (Wildman–Crippen MR) is 268 cm³/mol. The highest BCUT2D eigenvalue weighted by Crippen LogP contribution is 2.41. The number of aliphatic hydroxyl groups excluding tert-OH is 3. The summed E-state index contributed by atoms with van der Waals surface area (Å²) in [6, 6.07) is -0.921. The molecule has 0 spiro atoms. The smallest absolute Gasteiger partial charge is 0.394 e. The van der Waals surface area contributed by atoms with Gasteiger partial charge < -0.3 is 76.5 Å². The number of unbranched alkanes of at least 4 members (excludes halogenated alkanes) is 7. The molecule has 25 nitrogen and oxygen atoms in total. The Morgan fingerprint density at radius 3 is 1.26 bits per heavy atom. The molecule has 12 N–H and O–H groups in total. The molecule has 0 heterocycles. The van der Waals surface area contributed by atoms with Crippen LogP contribution >= 0.6 is 7.82 Å². The van der Waals surface area contributed by atoms with Gasteiger partial charge >= 0.3 is 7.82 Å². The zero-order valence-electron chi connectivity index (χ0n) is 42.9. The van der Waals surface area contributed by atoms with Gasteiger partial charge in [0.05, 0.1) is 84.7 Å². The molecule has 73 heavy (non-hydrogen) atoms. The van der Waals surface area contributed by atoms with Crippen molar-refractivity contribution in [1.82, 2.24) is 42.1 Å². The molecule has 1 saturated carbocycles. The first-order valence-corrected chi connectivity index (χ1v) is 27.6. The van der Waals surface area contributed by atoms with Gasteiger partial charge in [-0.1, -0.05) is 19.3 Å². The van der Waals surface area contributed by atoms with Gasteiger partial charge in [-0.25, -0.2) is 4.57 Å². The quantitative estimate of drug-likeness (QED) is 0.0257. The van der Waals surface area contributed by atoms with E-state index in [9.17, 15) is 38.1 Å². The maximum Gasteiger partial charge on any atom is 0.469 e. The van der Waals surface area contributed by atoms with E-state index in [1.54, 1.807) is 0 Å². The molecular formula is C47H89N8O17P. The topological polar surface area (TPSA) is 362 Å². The third-order valence-corrected chi connectivity index (χ3v) is 12.1. The molecule has 0 radical (unpaired) electrons. The average Bonchev–Trinajstić information content (AvgIpc) is 3.35. The van der Waals surface area contributed by atoms with E-state index < -0.39 is 37.7 Å². The molecule has 1 rings (SSSR count). The number of nitrogens with zero attached hydrogens (tertiary/aromatic N) is 1. The number of phosphoric ester groups is 1. The Morgan fingerprint density at radius 2 is 0.849 bits per heavy atom. The van der Waals surface area contributed by atoms with Crippen LogP contribution in [0.5, 0.6) is 0 Å². The number of carbonyl (C=O) groups is 7. The zero-order chi connectivity index (χ0) is 53.8. The Kier molecular flexibility index (Phi) is 40.8. The number of rotatable bonds is 47. The molecule has 1 atom stereocenters. The van der Waals surface area contributed by atoms with Crippen LogP contribution in [0.25, 0.3) is 0 Å². The lowest BCUT2D eigenvalue weighted by Gasteiger charge is -2.30. The average molecular weight is 1070 g/mol. The third-order valence-electron chi connectivity index (χ3n) is 11.6. The molecule has 26 heteroatoms. The minimum atomic E-state index is -4.63. The van der Waals surface area contributed by atoms with Gasteiger partial charge in [0.25, 0.3) is 0 Å². The van der Waals surface area contributed by atoms with Crippen LogP contribution in [0, 0.1) is 5.92 Å². The molecule has 424 valence electrons. The summed E-state index contributed by atoms with van der Waals surface area (Å²) >= 11 is 0. The van der Waals surface area contributed by atoms with Crippen molar-refractivity contribution in [2.45, 2.75) is 134 Å². The molecule has 1 unspecified atom stereocenters. The number of amides is 7. The van der Waals surface area contributed by atoms with Crippen LogP contribution in [0.15, 0.2) is 0 Å². The molecule has 0 aromatic rings. The van der Waals surface area contributed by atoms with E-state index in [1.165, 1.54) is 4.90 Å². The van der Waals surface area contributed by atoms with E-state index in [-0.39, 0.29) is 115 Å². The summed E-state index contributed by atoms with van der Waals surface area (Å²) in [4.78, 5) is 110. The van der Waals surface area contributed by atoms with Gasteiger partial charge in [-0.2, -0.15) is 0 Å². The Bertz CT molecular complexity index is 1520. The van der Waals surface area contributed by atoms with E-state index in [2.05, 4.69) is 37.2 Å². The number of phosphoric acid groups is 1. The summed E-state index contributed by atoms with van der Waals surface area (Å²) in [5.41, 5.74) is 0. The van der Waals surface area contributed by atoms with Gasteiger partial charge in [0.15, 0.2) is 0 Å². The van der Waals surface area contributed by atoms with Gasteiger partial charge in [0.1, 0.15) is 0 Å². The molecule has 0 aromatic heterocycles. The van der Waals surface area contributed by atoms with E-state index >= 15 is 0 Å². The predicted octanol–water partition coefficient (Wildman–Crippen LogP) is -0.983. The number of nitrogens with one attached hydrogen (secondary N) is 7. The molecule has 1 aliphatic carbocycles. The molecule has 0 aromatic carbocycles. The van der Waals surface area contributed by atoms with E-state index in [0.29, 0.717) is 155 Å².